The summed E-state index contributed by atoms with van der Waals surface area (Å²) in [6, 6.07) is 16.6. The summed E-state index contributed by atoms with van der Waals surface area (Å²) in [5.41, 5.74) is 1.60. The van der Waals surface area contributed by atoms with Crippen molar-refractivity contribution in [1.29, 1.82) is 0 Å². The van der Waals surface area contributed by atoms with E-state index < -0.39 is 11.7 Å². The molecular weight excluding hydrogens is 391 g/mol. The summed E-state index contributed by atoms with van der Waals surface area (Å²) in [5.74, 6) is -0.0510. The van der Waals surface area contributed by atoms with E-state index >= 15 is 0 Å². The molecule has 0 saturated heterocycles. The predicted molar refractivity (Wildman–Crippen MR) is 111 cm³/mol. The second kappa shape index (κ2) is 9.15. The molecule has 1 aromatic heterocycles. The van der Waals surface area contributed by atoms with Crippen LogP contribution < -0.4 is 9.64 Å². The van der Waals surface area contributed by atoms with Crippen molar-refractivity contribution in [2.45, 2.75) is 39.0 Å². The van der Waals surface area contributed by atoms with E-state index in [0.717, 1.165) is 23.7 Å². The minimum atomic E-state index is -4.59. The van der Waals surface area contributed by atoms with Gasteiger partial charge in [-0.25, -0.2) is 4.98 Å². The van der Waals surface area contributed by atoms with E-state index in [4.69, 9.17) is 4.74 Å². The van der Waals surface area contributed by atoms with E-state index in [0.29, 0.717) is 5.69 Å². The summed E-state index contributed by atoms with van der Waals surface area (Å²) in [7, 11) is 1.58. The maximum atomic E-state index is 13.7. The Balaban J connectivity index is 1.99. The van der Waals surface area contributed by atoms with Gasteiger partial charge in [-0.05, 0) is 29.5 Å². The molecule has 4 nitrogen and oxygen atoms in total. The van der Waals surface area contributed by atoms with Gasteiger partial charge in [-0.1, -0.05) is 62.4 Å². The van der Waals surface area contributed by atoms with Crippen LogP contribution in [0, 0.1) is 0 Å². The zero-order valence-corrected chi connectivity index (χ0v) is 17.1. The number of para-hydroxylation sites is 1. The fourth-order valence-electron chi connectivity index (χ4n) is 3.15. The number of ether oxygens (including phenoxy) is 1. The van der Waals surface area contributed by atoms with Gasteiger partial charge >= 0.3 is 12.2 Å². The maximum absolute atomic E-state index is 13.7. The third-order valence-electron chi connectivity index (χ3n) is 5.02. The van der Waals surface area contributed by atoms with Crippen molar-refractivity contribution in [2.75, 3.05) is 11.9 Å². The molecule has 0 amide bonds. The second-order valence-corrected chi connectivity index (χ2v) is 7.09. The molecule has 0 aliphatic rings. The molecule has 0 radical (unpaired) electrons. The van der Waals surface area contributed by atoms with Gasteiger partial charge in [0.15, 0.2) is 5.82 Å². The van der Waals surface area contributed by atoms with E-state index in [1.54, 1.807) is 19.2 Å². The highest BCUT2D eigenvalue weighted by Crippen LogP contribution is 2.39. The standard InChI is InChI=1S/C23H24F3N3O/c1-4-16(2)18-12-8-9-13-20(18)29(3)21-19(23(24,25)26)14-27-22(28-21)30-15-17-10-6-5-7-11-17/h5-14,16H,4,15H2,1-3H3. The molecule has 1 unspecified atom stereocenters. The van der Waals surface area contributed by atoms with Crippen LogP contribution in [0.1, 0.15) is 42.9 Å². The summed E-state index contributed by atoms with van der Waals surface area (Å²) in [4.78, 5) is 9.38. The number of hydrogen-bond acceptors (Lipinski definition) is 4. The summed E-state index contributed by atoms with van der Waals surface area (Å²) in [6.07, 6.45) is -2.94. The van der Waals surface area contributed by atoms with Crippen LogP contribution in [0.4, 0.5) is 24.7 Å². The number of anilines is 2. The lowest BCUT2D eigenvalue weighted by Crippen LogP contribution is -2.20. The number of alkyl halides is 3. The molecule has 3 aromatic rings. The van der Waals surface area contributed by atoms with Crippen LogP contribution in [-0.4, -0.2) is 17.0 Å². The van der Waals surface area contributed by atoms with Crippen LogP contribution in [-0.2, 0) is 12.8 Å². The SMILES string of the molecule is CCC(C)c1ccccc1N(C)c1nc(OCc2ccccc2)ncc1C(F)(F)F. The van der Waals surface area contributed by atoms with Crippen molar-refractivity contribution in [1.82, 2.24) is 9.97 Å². The first-order chi connectivity index (χ1) is 14.3. The van der Waals surface area contributed by atoms with E-state index in [-0.39, 0.29) is 24.4 Å². The average Bonchev–Trinajstić information content (AvgIpc) is 2.76. The van der Waals surface area contributed by atoms with Gasteiger partial charge < -0.3 is 9.64 Å². The Kier molecular flexibility index (Phi) is 6.59. The fourth-order valence-corrected chi connectivity index (χ4v) is 3.15. The summed E-state index contributed by atoms with van der Waals surface area (Å²) in [5, 5.41) is 0. The molecule has 0 aliphatic heterocycles. The highest BCUT2D eigenvalue weighted by Gasteiger charge is 2.37. The number of rotatable bonds is 7. The minimum Gasteiger partial charge on any atom is -0.459 e. The minimum absolute atomic E-state index is 0.102. The summed E-state index contributed by atoms with van der Waals surface area (Å²) < 4.78 is 46.6. The Labute approximate surface area is 174 Å². The fraction of sp³-hybridized carbons (Fsp3) is 0.304. The smallest absolute Gasteiger partial charge is 0.421 e. The van der Waals surface area contributed by atoms with Gasteiger partial charge in [0.2, 0.25) is 0 Å². The molecule has 30 heavy (non-hydrogen) atoms. The van der Waals surface area contributed by atoms with E-state index in [2.05, 4.69) is 9.97 Å². The highest BCUT2D eigenvalue weighted by molar-refractivity contribution is 5.66. The zero-order valence-electron chi connectivity index (χ0n) is 17.1. The molecule has 0 N–H and O–H groups in total. The van der Waals surface area contributed by atoms with Crippen molar-refractivity contribution in [3.63, 3.8) is 0 Å². The lowest BCUT2D eigenvalue weighted by atomic mass is 9.96. The largest absolute Gasteiger partial charge is 0.459 e. The van der Waals surface area contributed by atoms with Crippen LogP contribution >= 0.6 is 0 Å². The Hall–Kier alpha value is -3.09. The predicted octanol–water partition coefficient (Wildman–Crippen LogP) is 6.36. The molecule has 1 heterocycles. The average molecular weight is 415 g/mol. The number of halogens is 3. The molecule has 0 aliphatic carbocycles. The summed E-state index contributed by atoms with van der Waals surface area (Å²) >= 11 is 0. The van der Waals surface area contributed by atoms with Gasteiger partial charge in [0.1, 0.15) is 12.2 Å². The van der Waals surface area contributed by atoms with Crippen molar-refractivity contribution < 1.29 is 17.9 Å². The molecule has 158 valence electrons. The van der Waals surface area contributed by atoms with Crippen LogP contribution in [0.2, 0.25) is 0 Å². The van der Waals surface area contributed by atoms with Crippen LogP contribution in [0.25, 0.3) is 0 Å². The van der Waals surface area contributed by atoms with Crippen molar-refractivity contribution in [2.24, 2.45) is 0 Å². The number of nitrogens with zero attached hydrogens (tertiary/aromatic N) is 3. The molecule has 0 spiro atoms. The topological polar surface area (TPSA) is 38.2 Å². The van der Waals surface area contributed by atoms with E-state index in [1.807, 2.05) is 56.3 Å². The molecule has 1 atom stereocenters. The number of hydrogen-bond donors (Lipinski definition) is 0. The first-order valence-corrected chi connectivity index (χ1v) is 9.74. The maximum Gasteiger partial charge on any atom is 0.421 e. The Bertz CT molecular complexity index is 977. The molecule has 0 fully saturated rings. The number of benzene rings is 2. The van der Waals surface area contributed by atoms with E-state index in [1.165, 1.54) is 4.90 Å². The first-order valence-electron chi connectivity index (χ1n) is 9.74. The Morgan fingerprint density at radius 3 is 2.37 bits per heavy atom. The molecule has 3 rings (SSSR count). The highest BCUT2D eigenvalue weighted by atomic mass is 19.4. The van der Waals surface area contributed by atoms with Gasteiger partial charge in [0.05, 0.1) is 0 Å². The van der Waals surface area contributed by atoms with Gasteiger partial charge in [0.25, 0.3) is 0 Å². The van der Waals surface area contributed by atoms with Crippen LogP contribution in [0.3, 0.4) is 0 Å². The van der Waals surface area contributed by atoms with Gasteiger partial charge in [-0.15, -0.1) is 0 Å². The summed E-state index contributed by atoms with van der Waals surface area (Å²) in [6.45, 7) is 4.26. The third kappa shape index (κ3) is 4.90. The van der Waals surface area contributed by atoms with Crippen molar-refractivity contribution >= 4 is 11.5 Å². The normalized spacial score (nSPS) is 12.5. The quantitative estimate of drug-likeness (QED) is 0.450. The first kappa shape index (κ1) is 21.6. The number of aromatic nitrogens is 2. The monoisotopic (exact) mass is 415 g/mol. The molecular formula is C23H24F3N3O. The van der Waals surface area contributed by atoms with E-state index in [9.17, 15) is 13.2 Å². The molecule has 2 aromatic carbocycles. The lowest BCUT2D eigenvalue weighted by Gasteiger charge is -2.26. The van der Waals surface area contributed by atoms with Crippen LogP contribution in [0.5, 0.6) is 6.01 Å². The lowest BCUT2D eigenvalue weighted by molar-refractivity contribution is -0.137. The van der Waals surface area contributed by atoms with Crippen LogP contribution in [0.15, 0.2) is 60.8 Å². The second-order valence-electron chi connectivity index (χ2n) is 7.09. The Morgan fingerprint density at radius 1 is 1.03 bits per heavy atom. The molecule has 7 heteroatoms. The van der Waals surface area contributed by atoms with Crippen molar-refractivity contribution in [3.05, 3.63) is 77.5 Å². The zero-order chi connectivity index (χ0) is 21.7. The van der Waals surface area contributed by atoms with Gasteiger partial charge in [0, 0.05) is 18.9 Å². The Morgan fingerprint density at radius 2 is 1.70 bits per heavy atom. The third-order valence-corrected chi connectivity index (χ3v) is 5.02. The molecule has 0 bridgehead atoms. The van der Waals surface area contributed by atoms with Gasteiger partial charge in [-0.3, -0.25) is 0 Å². The molecule has 0 saturated carbocycles. The van der Waals surface area contributed by atoms with Crippen molar-refractivity contribution in [3.8, 4) is 6.01 Å². The van der Waals surface area contributed by atoms with Gasteiger partial charge in [-0.2, -0.15) is 18.2 Å².